The number of nitrogens with one attached hydrogen (secondary N) is 1. The highest BCUT2D eigenvalue weighted by molar-refractivity contribution is 5.80. The molecule has 3 rings (SSSR count). The molecule has 1 aromatic carbocycles. The molecule has 138 valence electrons. The topological polar surface area (TPSA) is 65.9 Å². The molecule has 1 N–H and O–H groups in total. The molecule has 1 aromatic heterocycles. The number of ether oxygens (including phenoxy) is 1. The third-order valence-electron chi connectivity index (χ3n) is 4.29. The zero-order valence-corrected chi connectivity index (χ0v) is 15.4. The minimum absolute atomic E-state index is 0.627. The Morgan fingerprint density at radius 2 is 1.92 bits per heavy atom. The second-order valence-electron chi connectivity index (χ2n) is 6.04. The summed E-state index contributed by atoms with van der Waals surface area (Å²) >= 11 is 0. The van der Waals surface area contributed by atoms with Crippen molar-refractivity contribution in [3.63, 3.8) is 0 Å². The summed E-state index contributed by atoms with van der Waals surface area (Å²) in [5.74, 6) is 2.61. The van der Waals surface area contributed by atoms with E-state index < -0.39 is 0 Å². The molecule has 0 aliphatic carbocycles. The van der Waals surface area contributed by atoms with Gasteiger partial charge in [0.1, 0.15) is 5.75 Å². The fourth-order valence-electron chi connectivity index (χ4n) is 2.94. The molecule has 2 heterocycles. The number of guanidine groups is 1. The number of nitrogens with zero attached hydrogens (tertiary/aromatic N) is 5. The zero-order valence-electron chi connectivity index (χ0n) is 15.4. The number of hydrogen-bond donors (Lipinski definition) is 1. The summed E-state index contributed by atoms with van der Waals surface area (Å²) in [6, 6.07) is 9.88. The smallest absolute Gasteiger partial charge is 0.225 e. The van der Waals surface area contributed by atoms with Crippen LogP contribution < -0.4 is 15.0 Å². The van der Waals surface area contributed by atoms with Crippen LogP contribution in [0.5, 0.6) is 5.75 Å². The van der Waals surface area contributed by atoms with Crippen LogP contribution in [-0.4, -0.2) is 60.7 Å². The number of hydrogen-bond acceptors (Lipinski definition) is 5. The second kappa shape index (κ2) is 9.03. The lowest BCUT2D eigenvalue weighted by Gasteiger charge is -2.36. The number of aromatic nitrogens is 2. The molecule has 7 nitrogen and oxygen atoms in total. The number of benzene rings is 1. The third kappa shape index (κ3) is 4.62. The lowest BCUT2D eigenvalue weighted by Crippen LogP contribution is -2.52. The lowest BCUT2D eigenvalue weighted by molar-refractivity contribution is 0.370. The van der Waals surface area contributed by atoms with E-state index in [9.17, 15) is 0 Å². The fraction of sp³-hybridized carbons (Fsp3) is 0.421. The first-order chi connectivity index (χ1) is 12.8. The van der Waals surface area contributed by atoms with Crippen LogP contribution in [-0.2, 0) is 6.54 Å². The molecule has 1 aliphatic heterocycles. The molecule has 0 spiro atoms. The van der Waals surface area contributed by atoms with Crippen LogP contribution in [0.2, 0.25) is 0 Å². The molecule has 0 atom stereocenters. The van der Waals surface area contributed by atoms with E-state index in [1.54, 1.807) is 19.5 Å². The van der Waals surface area contributed by atoms with Crippen LogP contribution in [0.4, 0.5) is 5.95 Å². The van der Waals surface area contributed by atoms with E-state index in [2.05, 4.69) is 38.1 Å². The first kappa shape index (κ1) is 18.0. The average Bonchev–Trinajstić information content (AvgIpc) is 2.72. The first-order valence-electron chi connectivity index (χ1n) is 8.98. The van der Waals surface area contributed by atoms with Crippen molar-refractivity contribution >= 4 is 11.9 Å². The molecule has 0 amide bonds. The van der Waals surface area contributed by atoms with Crippen molar-refractivity contribution in [3.05, 3.63) is 48.3 Å². The summed E-state index contributed by atoms with van der Waals surface area (Å²) in [4.78, 5) is 18.0. The van der Waals surface area contributed by atoms with Crippen molar-refractivity contribution in [2.45, 2.75) is 13.5 Å². The summed E-state index contributed by atoms with van der Waals surface area (Å²) in [6.07, 6.45) is 3.57. The van der Waals surface area contributed by atoms with Crippen molar-refractivity contribution < 1.29 is 4.74 Å². The number of rotatable bonds is 5. The van der Waals surface area contributed by atoms with E-state index in [0.29, 0.717) is 6.54 Å². The van der Waals surface area contributed by atoms with Crippen LogP contribution in [0.15, 0.2) is 47.7 Å². The van der Waals surface area contributed by atoms with Gasteiger partial charge >= 0.3 is 0 Å². The number of piperazine rings is 1. The van der Waals surface area contributed by atoms with Crippen LogP contribution in [0.3, 0.4) is 0 Å². The average molecular weight is 354 g/mol. The summed E-state index contributed by atoms with van der Waals surface area (Å²) < 4.78 is 5.29. The van der Waals surface area contributed by atoms with Gasteiger partial charge in [0.2, 0.25) is 5.95 Å². The summed E-state index contributed by atoms with van der Waals surface area (Å²) in [5.41, 5.74) is 1.14. The van der Waals surface area contributed by atoms with Gasteiger partial charge in [0.05, 0.1) is 13.7 Å². The van der Waals surface area contributed by atoms with Crippen LogP contribution in [0.25, 0.3) is 0 Å². The molecule has 0 saturated carbocycles. The zero-order chi connectivity index (χ0) is 18.2. The number of anilines is 1. The Labute approximate surface area is 154 Å². The molecule has 0 bridgehead atoms. The van der Waals surface area contributed by atoms with E-state index in [1.165, 1.54) is 0 Å². The minimum atomic E-state index is 0.627. The molecule has 7 heteroatoms. The standard InChI is InChI=1S/C19H26N6O/c1-3-20-18(23-15-16-6-4-7-17(14-16)26-2)24-10-12-25(13-11-24)19-21-8-5-9-22-19/h4-9,14H,3,10-13,15H2,1-2H3,(H,20,23). The molecule has 1 aliphatic rings. The second-order valence-corrected chi connectivity index (χ2v) is 6.04. The normalized spacial score (nSPS) is 15.1. The fourth-order valence-corrected chi connectivity index (χ4v) is 2.94. The van der Waals surface area contributed by atoms with E-state index >= 15 is 0 Å². The van der Waals surface area contributed by atoms with Crippen LogP contribution >= 0.6 is 0 Å². The maximum Gasteiger partial charge on any atom is 0.225 e. The van der Waals surface area contributed by atoms with Crippen molar-refractivity contribution in [1.82, 2.24) is 20.2 Å². The molecule has 1 saturated heterocycles. The van der Waals surface area contributed by atoms with Crippen molar-refractivity contribution in [2.24, 2.45) is 4.99 Å². The molecular formula is C19H26N6O. The monoisotopic (exact) mass is 354 g/mol. The molecular weight excluding hydrogens is 328 g/mol. The minimum Gasteiger partial charge on any atom is -0.497 e. The van der Waals surface area contributed by atoms with Crippen molar-refractivity contribution in [3.8, 4) is 5.75 Å². The summed E-state index contributed by atoms with van der Waals surface area (Å²) in [6.45, 7) is 7.11. The van der Waals surface area contributed by atoms with Crippen molar-refractivity contribution in [2.75, 3.05) is 44.7 Å². The van der Waals surface area contributed by atoms with Gasteiger partial charge < -0.3 is 19.9 Å². The van der Waals surface area contributed by atoms with E-state index in [4.69, 9.17) is 9.73 Å². The molecule has 1 fully saturated rings. The predicted molar refractivity (Wildman–Crippen MR) is 104 cm³/mol. The van der Waals surface area contributed by atoms with Gasteiger partial charge in [-0.3, -0.25) is 0 Å². The SMILES string of the molecule is CCNC(=NCc1cccc(OC)c1)N1CCN(c2ncccn2)CC1. The highest BCUT2D eigenvalue weighted by Crippen LogP contribution is 2.14. The van der Waals surface area contributed by atoms with Gasteiger partial charge in [0.15, 0.2) is 5.96 Å². The Hall–Kier alpha value is -2.83. The first-order valence-corrected chi connectivity index (χ1v) is 8.98. The van der Waals surface area contributed by atoms with Gasteiger partial charge in [-0.1, -0.05) is 12.1 Å². The van der Waals surface area contributed by atoms with Gasteiger partial charge in [-0.15, -0.1) is 0 Å². The Balaban J connectivity index is 1.62. The Morgan fingerprint density at radius 3 is 2.62 bits per heavy atom. The molecule has 26 heavy (non-hydrogen) atoms. The maximum absolute atomic E-state index is 5.29. The van der Waals surface area contributed by atoms with Gasteiger partial charge in [-0.05, 0) is 30.7 Å². The molecule has 0 unspecified atom stereocenters. The lowest BCUT2D eigenvalue weighted by atomic mass is 10.2. The van der Waals surface area contributed by atoms with Gasteiger partial charge in [-0.2, -0.15) is 0 Å². The highest BCUT2D eigenvalue weighted by atomic mass is 16.5. The van der Waals surface area contributed by atoms with E-state index in [-0.39, 0.29) is 0 Å². The van der Waals surface area contributed by atoms with E-state index in [0.717, 1.165) is 55.9 Å². The number of methoxy groups -OCH3 is 1. The third-order valence-corrected chi connectivity index (χ3v) is 4.29. The van der Waals surface area contributed by atoms with Crippen molar-refractivity contribution in [1.29, 1.82) is 0 Å². The summed E-state index contributed by atoms with van der Waals surface area (Å²) in [7, 11) is 1.68. The van der Waals surface area contributed by atoms with Crippen LogP contribution in [0.1, 0.15) is 12.5 Å². The molecule has 2 aromatic rings. The van der Waals surface area contributed by atoms with E-state index in [1.807, 2.05) is 24.3 Å². The van der Waals surface area contributed by atoms with Gasteiger partial charge in [0, 0.05) is 45.1 Å². The van der Waals surface area contributed by atoms with Crippen LogP contribution in [0, 0.1) is 0 Å². The van der Waals surface area contributed by atoms with Gasteiger partial charge in [-0.25, -0.2) is 15.0 Å². The molecule has 0 radical (unpaired) electrons. The Morgan fingerprint density at radius 1 is 1.15 bits per heavy atom. The van der Waals surface area contributed by atoms with Gasteiger partial charge in [0.25, 0.3) is 0 Å². The quantitative estimate of drug-likeness (QED) is 0.652. The largest absolute Gasteiger partial charge is 0.497 e. The summed E-state index contributed by atoms with van der Waals surface area (Å²) in [5, 5.41) is 3.40. The highest BCUT2D eigenvalue weighted by Gasteiger charge is 2.20. The predicted octanol–water partition coefficient (Wildman–Crippen LogP) is 1.77. The Kier molecular flexibility index (Phi) is 6.24. The number of aliphatic imine (C=N–C) groups is 1. The maximum atomic E-state index is 5.29. The Bertz CT molecular complexity index is 713.